The van der Waals surface area contributed by atoms with E-state index in [1.54, 1.807) is 6.07 Å². The van der Waals surface area contributed by atoms with Gasteiger partial charge in [0, 0.05) is 118 Å². The number of sulfonamides is 1. The Morgan fingerprint density at radius 3 is 2.47 bits per heavy atom. The number of hydrogen-bond acceptors (Lipinski definition) is 19. The molecule has 0 radical (unpaired) electrons. The first-order chi connectivity index (χ1) is 44.0. The number of pyridine rings is 2. The summed E-state index contributed by atoms with van der Waals surface area (Å²) < 4.78 is 68.1. The number of benzene rings is 3. The van der Waals surface area contributed by atoms with Crippen molar-refractivity contribution in [1.82, 2.24) is 29.5 Å². The number of amides is 1. The lowest BCUT2D eigenvalue weighted by Crippen LogP contribution is -2.60. The zero-order chi connectivity index (χ0) is 62.5. The largest absolute Gasteiger partial charge is 0.489 e. The van der Waals surface area contributed by atoms with Gasteiger partial charge in [0.1, 0.15) is 24.0 Å². The molecule has 0 bridgehead atoms. The topological polar surface area (TPSA) is 232 Å². The van der Waals surface area contributed by atoms with Crippen LogP contribution in [0.3, 0.4) is 0 Å². The molecule has 1 spiro atoms. The molecule has 9 aliphatic rings. The molecule has 1 aliphatic carbocycles. The van der Waals surface area contributed by atoms with E-state index in [0.717, 1.165) is 113 Å². The van der Waals surface area contributed by atoms with E-state index in [9.17, 15) is 18.5 Å². The number of carbonyl (C=O) groups is 1. The van der Waals surface area contributed by atoms with Crippen molar-refractivity contribution in [2.75, 3.05) is 112 Å². The fraction of sp³-hybridized carbons (Fsp3) is 0.544. The van der Waals surface area contributed by atoms with Gasteiger partial charge in [-0.25, -0.2) is 18.1 Å². The van der Waals surface area contributed by atoms with Gasteiger partial charge in [0.25, 0.3) is 21.6 Å². The highest BCUT2D eigenvalue weighted by atomic mass is 32.2. The number of nitro groups is 1. The number of aromatic amines is 1. The summed E-state index contributed by atoms with van der Waals surface area (Å²) in [6.45, 7) is 20.9. The van der Waals surface area contributed by atoms with Gasteiger partial charge in [0.2, 0.25) is 5.88 Å². The van der Waals surface area contributed by atoms with E-state index in [-0.39, 0.29) is 77.2 Å². The van der Waals surface area contributed by atoms with Crippen molar-refractivity contribution in [3.8, 4) is 17.4 Å². The average molecular weight is 1260 g/mol. The summed E-state index contributed by atoms with van der Waals surface area (Å²) in [4.78, 5) is 52.3. The van der Waals surface area contributed by atoms with E-state index in [4.69, 9.17) is 38.4 Å². The van der Waals surface area contributed by atoms with Crippen molar-refractivity contribution in [3.63, 3.8) is 0 Å². The standard InChI is InChI=1S/C68H83N11O11S/c1-41-8-6-7-9-49(41)57-37-75(43(3)51-36-70-64(76-24-29-87-38-42(76)2)62-60(51)67(4,5)18-28-88-62)22-23-77(57)47-34-68(35-47)16-20-74(21-17-68)46-10-11-50(54(31-46)78-53-15-27-86-40-59(53)90-66-56(78)30-45-12-19-69-63(45)72-66)65(80)73-91(83,84)48-32-55(79(81)82)61-58(33-48)89-39-52(71-61)44-13-25-85-26-14-44/h6-12,19,30-33,36,42-44,47,52-53,57,59,71H,13-18,20-29,34-35,37-40H2,1-5H3,(H,69,72)(H,73,80)/t42-,43-,52-,53-,57-,59-/m0/s1. The molecule has 1 amide bonds. The van der Waals surface area contributed by atoms with E-state index in [1.165, 1.54) is 28.3 Å². The number of piperidine rings is 1. The lowest BCUT2D eigenvalue weighted by molar-refractivity contribution is -0.384. The Morgan fingerprint density at radius 2 is 1.67 bits per heavy atom. The van der Waals surface area contributed by atoms with Gasteiger partial charge in [-0.2, -0.15) is 4.98 Å². The van der Waals surface area contributed by atoms with Crippen molar-refractivity contribution in [1.29, 1.82) is 0 Å². The molecule has 15 rings (SSSR count). The Bertz CT molecular complexity index is 3900. The highest BCUT2D eigenvalue weighted by Gasteiger charge is 2.51. The number of aromatic nitrogens is 3. The first-order valence-electron chi connectivity index (χ1n) is 32.8. The van der Waals surface area contributed by atoms with Gasteiger partial charge in [-0.3, -0.25) is 24.7 Å². The molecule has 0 unspecified atom stereocenters. The highest BCUT2D eigenvalue weighted by Crippen LogP contribution is 2.55. The smallest absolute Gasteiger partial charge is 0.297 e. The Hall–Kier alpha value is -7.28. The van der Waals surface area contributed by atoms with Crippen LogP contribution in [0.5, 0.6) is 17.4 Å². The molecule has 22 nitrogen and oxygen atoms in total. The Morgan fingerprint density at radius 1 is 0.868 bits per heavy atom. The van der Waals surface area contributed by atoms with Gasteiger partial charge in [-0.1, -0.05) is 38.1 Å². The highest BCUT2D eigenvalue weighted by molar-refractivity contribution is 7.90. The molecule has 11 heterocycles. The molecule has 91 heavy (non-hydrogen) atoms. The fourth-order valence-corrected chi connectivity index (χ4v) is 17.5. The molecule has 3 aromatic carbocycles. The van der Waals surface area contributed by atoms with E-state index in [2.05, 4.69) is 105 Å². The monoisotopic (exact) mass is 1260 g/mol. The summed E-state index contributed by atoms with van der Waals surface area (Å²) in [5, 5.41) is 16.8. The minimum Gasteiger partial charge on any atom is -0.489 e. The summed E-state index contributed by atoms with van der Waals surface area (Å²) in [5.74, 6) is 1.54. The maximum Gasteiger partial charge on any atom is 0.297 e. The first kappa shape index (κ1) is 60.0. The first-order valence-corrected chi connectivity index (χ1v) is 34.3. The third-order valence-corrected chi connectivity index (χ3v) is 23.1. The maximum absolute atomic E-state index is 15.0. The van der Waals surface area contributed by atoms with Crippen LogP contribution in [0.1, 0.15) is 124 Å². The minimum absolute atomic E-state index is 0.0264. The van der Waals surface area contributed by atoms with Crippen molar-refractivity contribution in [3.05, 3.63) is 117 Å². The molecule has 6 atom stereocenters. The summed E-state index contributed by atoms with van der Waals surface area (Å²) in [7, 11) is -4.72. The molecular weight excluding hydrogens is 1180 g/mol. The molecule has 3 aromatic heterocycles. The van der Waals surface area contributed by atoms with Crippen LogP contribution in [0, 0.1) is 28.4 Å². The SMILES string of the molecule is Cc1ccccc1[C@@H]1CN([C@@H](C)c2cnc(N3CCOC[C@@H]3C)c3c2C(C)(C)CCO3)CCN1C1CC2(CCN(c3ccc(C(=O)NS(=O)(=O)c4cc5c(c([N+](=O)[O-])c4)N[C@H](C4CCOCC4)CO5)c(N4c5cc6cc[nH]c6nc5O[C@H]5COCC[C@@H]54)c3)CC2)C1. The zero-order valence-electron chi connectivity index (χ0n) is 52.7. The van der Waals surface area contributed by atoms with Crippen molar-refractivity contribution in [2.24, 2.45) is 11.3 Å². The predicted molar refractivity (Wildman–Crippen MR) is 345 cm³/mol. The number of anilines is 5. The lowest BCUT2D eigenvalue weighted by Gasteiger charge is -2.58. The van der Waals surface area contributed by atoms with E-state index >= 15 is 4.79 Å². The van der Waals surface area contributed by atoms with Crippen LogP contribution in [-0.4, -0.2) is 166 Å². The van der Waals surface area contributed by atoms with Crippen LogP contribution in [-0.2, 0) is 29.6 Å². The van der Waals surface area contributed by atoms with Gasteiger partial charge >= 0.3 is 0 Å². The second-order valence-electron chi connectivity index (χ2n) is 27.6. The normalized spacial score (nSPS) is 25.5. The summed E-state index contributed by atoms with van der Waals surface area (Å²) in [5.41, 5.74) is 7.77. The molecular formula is C68H83N11O11S. The van der Waals surface area contributed by atoms with Gasteiger partial charge in [0.05, 0.1) is 65.6 Å². The van der Waals surface area contributed by atoms with E-state index in [1.807, 2.05) is 30.5 Å². The number of hydrogen-bond donors (Lipinski definition) is 3. The average Bonchev–Trinajstić information content (AvgIpc) is 1.05. The van der Waals surface area contributed by atoms with E-state index < -0.39 is 37.5 Å². The van der Waals surface area contributed by atoms with Crippen LogP contribution < -0.4 is 38.9 Å². The van der Waals surface area contributed by atoms with Gasteiger partial charge in [-0.05, 0) is 136 Å². The Balaban J connectivity index is 0.689. The molecule has 23 heteroatoms. The van der Waals surface area contributed by atoms with Crippen LogP contribution in [0.2, 0.25) is 0 Å². The number of H-pyrrole nitrogens is 1. The van der Waals surface area contributed by atoms with Crippen LogP contribution in [0.25, 0.3) is 11.0 Å². The number of fused-ring (bicyclic) bond motifs is 5. The minimum atomic E-state index is -4.72. The molecule has 6 fully saturated rings. The van der Waals surface area contributed by atoms with E-state index in [0.29, 0.717) is 75.0 Å². The number of morpholine rings is 1. The van der Waals surface area contributed by atoms with Crippen molar-refractivity contribution in [2.45, 2.75) is 139 Å². The maximum atomic E-state index is 15.0. The number of nitrogens with one attached hydrogen (secondary N) is 3. The third-order valence-electron chi connectivity index (χ3n) is 21.8. The molecule has 482 valence electrons. The van der Waals surface area contributed by atoms with Crippen LogP contribution in [0.4, 0.5) is 34.3 Å². The van der Waals surface area contributed by atoms with Crippen molar-refractivity contribution >= 4 is 61.2 Å². The Kier molecular flexibility index (Phi) is 15.6. The zero-order valence-corrected chi connectivity index (χ0v) is 53.5. The predicted octanol–water partition coefficient (Wildman–Crippen LogP) is 9.74. The third kappa shape index (κ3) is 11.0. The molecule has 5 saturated heterocycles. The van der Waals surface area contributed by atoms with Gasteiger partial charge in [-0.15, -0.1) is 0 Å². The van der Waals surface area contributed by atoms with Crippen LogP contribution in [0.15, 0.2) is 84.0 Å². The van der Waals surface area contributed by atoms with Crippen molar-refractivity contribution < 1.29 is 46.6 Å². The number of rotatable bonds is 12. The summed E-state index contributed by atoms with van der Waals surface area (Å²) in [6.07, 6.45) is 10.8. The number of ether oxygens (including phenoxy) is 6. The fourth-order valence-electron chi connectivity index (χ4n) is 16.5. The molecule has 1 saturated carbocycles. The van der Waals surface area contributed by atoms with Crippen LogP contribution >= 0.6 is 0 Å². The number of aryl methyl sites for hydroxylation is 1. The van der Waals surface area contributed by atoms with Gasteiger partial charge in [0.15, 0.2) is 23.0 Å². The molecule has 6 aromatic rings. The summed E-state index contributed by atoms with van der Waals surface area (Å²) in [6, 6.07) is 21.2. The number of carbonyl (C=O) groups excluding carboxylic acids is 1. The number of nitro benzene ring substituents is 1. The number of nitrogens with zero attached hydrogens (tertiary/aromatic N) is 8. The van der Waals surface area contributed by atoms with Gasteiger partial charge < -0.3 is 53.4 Å². The second kappa shape index (κ2) is 23.7. The molecule has 3 N–H and O–H groups in total. The Labute approximate surface area is 531 Å². The number of piperazine rings is 1. The quantitative estimate of drug-likeness (QED) is 0.0764. The second-order valence-corrected chi connectivity index (χ2v) is 29.3. The lowest BCUT2D eigenvalue weighted by atomic mass is 9.59. The molecule has 8 aliphatic heterocycles. The summed E-state index contributed by atoms with van der Waals surface area (Å²) >= 11 is 0.